The van der Waals surface area contributed by atoms with E-state index in [9.17, 15) is 18.0 Å². The molecule has 1 aromatic heterocycles. The van der Waals surface area contributed by atoms with Crippen LogP contribution in [0.3, 0.4) is 0 Å². The Hall–Kier alpha value is -2.19. The zero-order valence-electron chi connectivity index (χ0n) is 17.0. The van der Waals surface area contributed by atoms with Gasteiger partial charge in [-0.05, 0) is 42.7 Å². The van der Waals surface area contributed by atoms with E-state index in [0.29, 0.717) is 21.1 Å². The van der Waals surface area contributed by atoms with Crippen molar-refractivity contribution in [3.05, 3.63) is 45.8 Å². The summed E-state index contributed by atoms with van der Waals surface area (Å²) in [6.07, 6.45) is 1.18. The van der Waals surface area contributed by atoms with Crippen molar-refractivity contribution in [1.29, 1.82) is 0 Å². The van der Waals surface area contributed by atoms with E-state index in [0.717, 1.165) is 11.1 Å². The van der Waals surface area contributed by atoms with Crippen LogP contribution in [0.4, 0.5) is 10.7 Å². The Morgan fingerprint density at radius 3 is 2.32 bits per heavy atom. The molecule has 2 N–H and O–H groups in total. The molecule has 0 bridgehead atoms. The van der Waals surface area contributed by atoms with Gasteiger partial charge in [-0.15, -0.1) is 11.3 Å². The minimum atomic E-state index is -3.17. The maximum Gasteiger partial charge on any atom is 0.266 e. The fraction of sp³-hybridized carbons (Fsp3) is 0.400. The number of amides is 2. The molecule has 0 fully saturated rings. The van der Waals surface area contributed by atoms with Crippen LogP contribution in [0.1, 0.15) is 47.1 Å². The van der Waals surface area contributed by atoms with Crippen LogP contribution in [-0.2, 0) is 20.4 Å². The molecular weight excluding hydrogens is 396 g/mol. The van der Waals surface area contributed by atoms with Gasteiger partial charge in [-0.1, -0.05) is 32.9 Å². The van der Waals surface area contributed by atoms with Crippen LogP contribution in [0, 0.1) is 19.3 Å². The van der Waals surface area contributed by atoms with Crippen LogP contribution in [0.25, 0.3) is 0 Å². The summed E-state index contributed by atoms with van der Waals surface area (Å²) in [7, 11) is -3.17. The van der Waals surface area contributed by atoms with Crippen LogP contribution >= 0.6 is 11.3 Å². The number of hydrogen-bond acceptors (Lipinski definition) is 5. The van der Waals surface area contributed by atoms with E-state index in [1.165, 1.54) is 17.6 Å². The lowest BCUT2D eigenvalue weighted by Crippen LogP contribution is -2.27. The molecule has 2 rings (SSSR count). The lowest BCUT2D eigenvalue weighted by molar-refractivity contribution is -0.123. The maximum absolute atomic E-state index is 12.7. The number of aryl methyl sites for hydroxylation is 1. The molecule has 2 aromatic rings. The van der Waals surface area contributed by atoms with E-state index in [1.54, 1.807) is 31.2 Å². The summed E-state index contributed by atoms with van der Waals surface area (Å²) in [4.78, 5) is 25.4. The highest BCUT2D eigenvalue weighted by atomic mass is 32.2. The summed E-state index contributed by atoms with van der Waals surface area (Å²) in [5.41, 5.74) is 2.17. The molecule has 6 nitrogen and oxygen atoms in total. The number of sulfone groups is 1. The Kier molecular flexibility index (Phi) is 6.35. The predicted octanol–water partition coefficient (Wildman–Crippen LogP) is 4.15. The standard InChI is InChI=1S/C20H26N2O4S2/c1-12-10-16(22-19(24)20(3,4)5)27-17(12)18(23)21-15-9-7-8-14(13(15)2)11-28(6,25)26/h7-10H,11H2,1-6H3,(H,21,23)(H,22,24). The maximum atomic E-state index is 12.7. The van der Waals surface area contributed by atoms with Crippen molar-refractivity contribution in [3.63, 3.8) is 0 Å². The monoisotopic (exact) mass is 422 g/mol. The van der Waals surface area contributed by atoms with Crippen LogP contribution < -0.4 is 10.6 Å². The normalized spacial score (nSPS) is 11.9. The zero-order valence-corrected chi connectivity index (χ0v) is 18.6. The van der Waals surface area contributed by atoms with E-state index in [-0.39, 0.29) is 17.6 Å². The average Bonchev–Trinajstić information content (AvgIpc) is 2.89. The predicted molar refractivity (Wildman–Crippen MR) is 115 cm³/mol. The number of thiophene rings is 1. The number of nitrogens with one attached hydrogen (secondary N) is 2. The third kappa shape index (κ3) is 5.65. The summed E-state index contributed by atoms with van der Waals surface area (Å²) < 4.78 is 23.2. The average molecular weight is 423 g/mol. The number of hydrogen-bond donors (Lipinski definition) is 2. The van der Waals surface area contributed by atoms with E-state index in [2.05, 4.69) is 10.6 Å². The lowest BCUT2D eigenvalue weighted by Gasteiger charge is -2.16. The first-order chi connectivity index (χ1) is 12.8. The SMILES string of the molecule is Cc1cc(NC(=O)C(C)(C)C)sc1C(=O)Nc1cccc(CS(C)(=O)=O)c1C. The van der Waals surface area contributed by atoms with Crippen LogP contribution in [-0.4, -0.2) is 26.5 Å². The van der Waals surface area contributed by atoms with Crippen molar-refractivity contribution in [2.75, 3.05) is 16.9 Å². The minimum absolute atomic E-state index is 0.0798. The molecule has 8 heteroatoms. The largest absolute Gasteiger partial charge is 0.321 e. The van der Waals surface area contributed by atoms with E-state index in [1.807, 2.05) is 27.7 Å². The van der Waals surface area contributed by atoms with Gasteiger partial charge in [0.2, 0.25) is 5.91 Å². The first-order valence-electron chi connectivity index (χ1n) is 8.77. The number of anilines is 2. The summed E-state index contributed by atoms with van der Waals surface area (Å²) in [6.45, 7) is 9.06. The second-order valence-electron chi connectivity index (χ2n) is 7.94. The highest BCUT2D eigenvalue weighted by molar-refractivity contribution is 7.89. The Morgan fingerprint density at radius 1 is 1.11 bits per heavy atom. The Morgan fingerprint density at radius 2 is 1.75 bits per heavy atom. The molecule has 0 unspecified atom stereocenters. The smallest absolute Gasteiger partial charge is 0.266 e. The van der Waals surface area contributed by atoms with Crippen molar-refractivity contribution < 1.29 is 18.0 Å². The molecule has 0 saturated heterocycles. The van der Waals surface area contributed by atoms with Gasteiger partial charge < -0.3 is 10.6 Å². The first-order valence-corrected chi connectivity index (χ1v) is 11.6. The van der Waals surface area contributed by atoms with E-state index in [4.69, 9.17) is 0 Å². The third-order valence-corrected chi connectivity index (χ3v) is 6.14. The molecule has 0 atom stereocenters. The minimum Gasteiger partial charge on any atom is -0.321 e. The molecule has 0 saturated carbocycles. The van der Waals surface area contributed by atoms with Gasteiger partial charge in [0.1, 0.15) is 0 Å². The quantitative estimate of drug-likeness (QED) is 0.757. The van der Waals surface area contributed by atoms with E-state index >= 15 is 0 Å². The summed E-state index contributed by atoms with van der Waals surface area (Å²) >= 11 is 1.21. The Balaban J connectivity index is 2.22. The number of carbonyl (C=O) groups excluding carboxylic acids is 2. The van der Waals surface area contributed by atoms with Crippen molar-refractivity contribution in [2.24, 2.45) is 5.41 Å². The second-order valence-corrected chi connectivity index (χ2v) is 11.1. The first kappa shape index (κ1) is 22.1. The van der Waals surface area contributed by atoms with Crippen molar-refractivity contribution >= 4 is 43.7 Å². The van der Waals surface area contributed by atoms with Gasteiger partial charge in [-0.3, -0.25) is 9.59 Å². The molecule has 1 aromatic carbocycles. The molecule has 2 amide bonds. The fourth-order valence-electron chi connectivity index (χ4n) is 2.51. The molecule has 0 aliphatic rings. The summed E-state index contributed by atoms with van der Waals surface area (Å²) in [5.74, 6) is -0.493. The third-order valence-electron chi connectivity index (χ3n) is 4.15. The molecule has 0 radical (unpaired) electrons. The lowest BCUT2D eigenvalue weighted by atomic mass is 9.96. The fourth-order valence-corrected chi connectivity index (χ4v) is 4.35. The van der Waals surface area contributed by atoms with Gasteiger partial charge in [0.25, 0.3) is 5.91 Å². The van der Waals surface area contributed by atoms with Gasteiger partial charge in [-0.25, -0.2) is 8.42 Å². The Labute approximate surface area is 170 Å². The molecule has 0 aliphatic heterocycles. The van der Waals surface area contributed by atoms with Crippen molar-refractivity contribution in [2.45, 2.75) is 40.4 Å². The zero-order chi connectivity index (χ0) is 21.3. The number of carbonyl (C=O) groups is 2. The van der Waals surface area contributed by atoms with Gasteiger partial charge >= 0.3 is 0 Å². The molecule has 1 heterocycles. The summed E-state index contributed by atoms with van der Waals surface area (Å²) in [6, 6.07) is 6.97. The van der Waals surface area contributed by atoms with Gasteiger partial charge in [-0.2, -0.15) is 0 Å². The van der Waals surface area contributed by atoms with Crippen LogP contribution in [0.5, 0.6) is 0 Å². The highest BCUT2D eigenvalue weighted by Crippen LogP contribution is 2.30. The van der Waals surface area contributed by atoms with E-state index < -0.39 is 15.3 Å². The van der Waals surface area contributed by atoms with Crippen molar-refractivity contribution in [3.8, 4) is 0 Å². The molecular formula is C20H26N2O4S2. The molecule has 28 heavy (non-hydrogen) atoms. The Bertz CT molecular complexity index is 1020. The van der Waals surface area contributed by atoms with Crippen LogP contribution in [0.15, 0.2) is 24.3 Å². The van der Waals surface area contributed by atoms with Gasteiger partial charge in [0.15, 0.2) is 9.84 Å². The van der Waals surface area contributed by atoms with Gasteiger partial charge in [0, 0.05) is 17.4 Å². The number of benzene rings is 1. The van der Waals surface area contributed by atoms with Crippen LogP contribution in [0.2, 0.25) is 0 Å². The molecule has 0 spiro atoms. The molecule has 152 valence electrons. The number of rotatable bonds is 5. The molecule has 0 aliphatic carbocycles. The topological polar surface area (TPSA) is 92.3 Å². The summed E-state index contributed by atoms with van der Waals surface area (Å²) in [5, 5.41) is 6.31. The highest BCUT2D eigenvalue weighted by Gasteiger charge is 2.23. The van der Waals surface area contributed by atoms with Gasteiger partial charge in [0.05, 0.1) is 15.6 Å². The second kappa shape index (κ2) is 8.05. The van der Waals surface area contributed by atoms with Crippen molar-refractivity contribution in [1.82, 2.24) is 0 Å².